The molecule has 92 valence electrons. The van der Waals surface area contributed by atoms with Crippen molar-refractivity contribution in [1.29, 1.82) is 0 Å². The van der Waals surface area contributed by atoms with Crippen LogP contribution >= 0.6 is 0 Å². The highest BCUT2D eigenvalue weighted by atomic mass is 16.2. The van der Waals surface area contributed by atoms with E-state index in [0.717, 1.165) is 5.56 Å². The highest BCUT2D eigenvalue weighted by Gasteiger charge is 2.22. The van der Waals surface area contributed by atoms with E-state index in [2.05, 4.69) is 27.4 Å². The van der Waals surface area contributed by atoms with Gasteiger partial charge in [-0.1, -0.05) is 36.4 Å². The molecule has 0 saturated carbocycles. The highest BCUT2D eigenvalue weighted by molar-refractivity contribution is 5.83. The van der Waals surface area contributed by atoms with E-state index >= 15 is 0 Å². The third-order valence-corrected chi connectivity index (χ3v) is 2.41. The zero-order valence-corrected chi connectivity index (χ0v) is 9.73. The summed E-state index contributed by atoms with van der Waals surface area (Å²) in [6.07, 6.45) is 3.05. The summed E-state index contributed by atoms with van der Waals surface area (Å²) in [5.41, 5.74) is 0.825. The number of aromatic nitrogens is 4. The van der Waals surface area contributed by atoms with Crippen LogP contribution in [0.15, 0.2) is 49.3 Å². The summed E-state index contributed by atoms with van der Waals surface area (Å²) in [7, 11) is 0. The second kappa shape index (κ2) is 5.72. The van der Waals surface area contributed by atoms with E-state index in [1.165, 1.54) is 11.0 Å². The van der Waals surface area contributed by atoms with Gasteiger partial charge in [0.15, 0.2) is 6.04 Å². The van der Waals surface area contributed by atoms with Gasteiger partial charge in [-0.25, -0.2) is 4.68 Å². The average molecular weight is 243 g/mol. The van der Waals surface area contributed by atoms with Crippen molar-refractivity contribution >= 4 is 5.91 Å². The molecule has 1 atom stereocenters. The van der Waals surface area contributed by atoms with Gasteiger partial charge >= 0.3 is 0 Å². The molecule has 0 aliphatic carbocycles. The monoisotopic (exact) mass is 243 g/mol. The first-order chi connectivity index (χ1) is 8.83. The molecular weight excluding hydrogens is 230 g/mol. The van der Waals surface area contributed by atoms with Crippen molar-refractivity contribution in [2.45, 2.75) is 6.04 Å². The molecule has 2 aromatic rings. The van der Waals surface area contributed by atoms with Gasteiger partial charge in [0.25, 0.3) is 0 Å². The third-order valence-electron chi connectivity index (χ3n) is 2.41. The van der Waals surface area contributed by atoms with Gasteiger partial charge < -0.3 is 5.32 Å². The van der Waals surface area contributed by atoms with Crippen LogP contribution in [0.4, 0.5) is 0 Å². The SMILES string of the molecule is C=CCNC(=O)C(c1ccccc1)n1cnnn1. The fourth-order valence-corrected chi connectivity index (χ4v) is 1.62. The first kappa shape index (κ1) is 12.0. The van der Waals surface area contributed by atoms with Gasteiger partial charge in [0.1, 0.15) is 6.33 Å². The molecule has 1 heterocycles. The number of hydrogen-bond donors (Lipinski definition) is 1. The van der Waals surface area contributed by atoms with Crippen molar-refractivity contribution in [1.82, 2.24) is 25.5 Å². The molecule has 1 unspecified atom stereocenters. The number of amides is 1. The molecule has 0 bridgehead atoms. The van der Waals surface area contributed by atoms with Crippen LogP contribution in [0.5, 0.6) is 0 Å². The Balaban J connectivity index is 2.29. The van der Waals surface area contributed by atoms with Gasteiger partial charge in [-0.2, -0.15) is 0 Å². The maximum atomic E-state index is 12.1. The van der Waals surface area contributed by atoms with E-state index in [1.54, 1.807) is 6.08 Å². The lowest BCUT2D eigenvalue weighted by molar-refractivity contribution is -0.123. The van der Waals surface area contributed by atoms with Crippen molar-refractivity contribution in [2.75, 3.05) is 6.54 Å². The molecule has 0 aliphatic rings. The van der Waals surface area contributed by atoms with Crippen LogP contribution in [0.2, 0.25) is 0 Å². The van der Waals surface area contributed by atoms with E-state index in [-0.39, 0.29) is 5.91 Å². The number of benzene rings is 1. The molecule has 0 saturated heterocycles. The molecular formula is C12H13N5O. The molecule has 1 aromatic heterocycles. The predicted molar refractivity (Wildman–Crippen MR) is 65.6 cm³/mol. The Morgan fingerprint density at radius 2 is 2.22 bits per heavy atom. The van der Waals surface area contributed by atoms with Crippen LogP contribution in [0.3, 0.4) is 0 Å². The standard InChI is InChI=1S/C12H13N5O/c1-2-8-13-12(18)11(17-9-14-15-16-17)10-6-4-3-5-7-10/h2-7,9,11H,1,8H2,(H,13,18). The fourth-order valence-electron chi connectivity index (χ4n) is 1.62. The second-order valence-electron chi connectivity index (χ2n) is 3.64. The molecule has 0 spiro atoms. The van der Waals surface area contributed by atoms with E-state index in [0.29, 0.717) is 6.54 Å². The topological polar surface area (TPSA) is 72.7 Å². The predicted octanol–water partition coefficient (Wildman–Crippen LogP) is 0.565. The van der Waals surface area contributed by atoms with Crippen molar-refractivity contribution in [2.24, 2.45) is 0 Å². The van der Waals surface area contributed by atoms with Crippen molar-refractivity contribution in [3.05, 3.63) is 54.9 Å². The van der Waals surface area contributed by atoms with Crippen molar-refractivity contribution < 1.29 is 4.79 Å². The molecule has 1 aromatic carbocycles. The lowest BCUT2D eigenvalue weighted by Crippen LogP contribution is -2.33. The Bertz CT molecular complexity index is 509. The largest absolute Gasteiger partial charge is 0.350 e. The van der Waals surface area contributed by atoms with E-state index in [9.17, 15) is 4.79 Å². The lowest BCUT2D eigenvalue weighted by Gasteiger charge is -2.15. The molecule has 18 heavy (non-hydrogen) atoms. The van der Waals surface area contributed by atoms with E-state index < -0.39 is 6.04 Å². The van der Waals surface area contributed by atoms with Gasteiger partial charge in [-0.3, -0.25) is 4.79 Å². The van der Waals surface area contributed by atoms with Gasteiger partial charge in [0.2, 0.25) is 5.91 Å². The van der Waals surface area contributed by atoms with Gasteiger partial charge in [-0.05, 0) is 16.0 Å². The molecule has 1 amide bonds. The minimum atomic E-state index is -0.568. The molecule has 0 fully saturated rings. The Kier molecular flexibility index (Phi) is 3.80. The normalized spacial score (nSPS) is 11.8. The summed E-state index contributed by atoms with van der Waals surface area (Å²) in [6, 6.07) is 8.78. The Hall–Kier alpha value is -2.50. The summed E-state index contributed by atoms with van der Waals surface area (Å²) in [5, 5.41) is 13.7. The van der Waals surface area contributed by atoms with Crippen LogP contribution in [-0.4, -0.2) is 32.7 Å². The first-order valence-electron chi connectivity index (χ1n) is 5.49. The molecule has 6 nitrogen and oxygen atoms in total. The zero-order valence-electron chi connectivity index (χ0n) is 9.73. The number of nitrogens with one attached hydrogen (secondary N) is 1. The maximum Gasteiger partial charge on any atom is 0.249 e. The van der Waals surface area contributed by atoms with E-state index in [1.807, 2.05) is 30.3 Å². The Morgan fingerprint density at radius 1 is 1.44 bits per heavy atom. The summed E-state index contributed by atoms with van der Waals surface area (Å²) < 4.78 is 1.42. The zero-order chi connectivity index (χ0) is 12.8. The van der Waals surface area contributed by atoms with Gasteiger partial charge in [-0.15, -0.1) is 11.7 Å². The van der Waals surface area contributed by atoms with Gasteiger partial charge in [0, 0.05) is 6.54 Å². The van der Waals surface area contributed by atoms with Gasteiger partial charge in [0.05, 0.1) is 0 Å². The van der Waals surface area contributed by atoms with Crippen molar-refractivity contribution in [3.63, 3.8) is 0 Å². The minimum Gasteiger partial charge on any atom is -0.350 e. The van der Waals surface area contributed by atoms with Crippen molar-refractivity contribution in [3.8, 4) is 0 Å². The highest BCUT2D eigenvalue weighted by Crippen LogP contribution is 2.16. The second-order valence-corrected chi connectivity index (χ2v) is 3.64. The average Bonchev–Trinajstić information content (AvgIpc) is 2.92. The summed E-state index contributed by atoms with van der Waals surface area (Å²) in [4.78, 5) is 12.1. The Labute approximate surface area is 104 Å². The number of tetrazole rings is 1. The first-order valence-corrected chi connectivity index (χ1v) is 5.49. The number of hydrogen-bond acceptors (Lipinski definition) is 4. The van der Waals surface area contributed by atoms with Crippen LogP contribution in [0.1, 0.15) is 11.6 Å². The fraction of sp³-hybridized carbons (Fsp3) is 0.167. The van der Waals surface area contributed by atoms with E-state index in [4.69, 9.17) is 0 Å². The Morgan fingerprint density at radius 3 is 2.83 bits per heavy atom. The summed E-state index contributed by atoms with van der Waals surface area (Å²) >= 11 is 0. The third kappa shape index (κ3) is 2.60. The number of rotatable bonds is 5. The minimum absolute atomic E-state index is 0.173. The molecule has 2 rings (SSSR count). The maximum absolute atomic E-state index is 12.1. The smallest absolute Gasteiger partial charge is 0.249 e. The number of carbonyl (C=O) groups excluding carboxylic acids is 1. The molecule has 0 radical (unpaired) electrons. The molecule has 0 aliphatic heterocycles. The molecule has 6 heteroatoms. The molecule has 1 N–H and O–H groups in total. The van der Waals surface area contributed by atoms with Crippen LogP contribution in [0.25, 0.3) is 0 Å². The summed E-state index contributed by atoms with van der Waals surface area (Å²) in [5.74, 6) is -0.173. The summed E-state index contributed by atoms with van der Waals surface area (Å²) in [6.45, 7) is 3.97. The lowest BCUT2D eigenvalue weighted by atomic mass is 10.1. The number of nitrogens with zero attached hydrogens (tertiary/aromatic N) is 4. The number of carbonyl (C=O) groups is 1. The quantitative estimate of drug-likeness (QED) is 0.779. The van der Waals surface area contributed by atoms with Crippen LogP contribution in [0, 0.1) is 0 Å². The van der Waals surface area contributed by atoms with Crippen LogP contribution < -0.4 is 5.32 Å². The van der Waals surface area contributed by atoms with Crippen LogP contribution in [-0.2, 0) is 4.79 Å².